The number of hydrogen-bond acceptors (Lipinski definition) is 7. The molecule has 9 heteroatoms. The number of piperazine rings is 1. The minimum atomic E-state index is -0.867. The zero-order chi connectivity index (χ0) is 17.5. The van der Waals surface area contributed by atoms with Crippen LogP contribution in [-0.2, 0) is 14.1 Å². The summed E-state index contributed by atoms with van der Waals surface area (Å²) in [5.74, 6) is -0.350. The average molecular weight is 334 g/mol. The fourth-order valence-electron chi connectivity index (χ4n) is 2.69. The Morgan fingerprint density at radius 1 is 1.29 bits per heavy atom. The first kappa shape index (κ1) is 17.1. The summed E-state index contributed by atoms with van der Waals surface area (Å²) in [6, 6.07) is -0.606. The second kappa shape index (κ2) is 5.98. The van der Waals surface area contributed by atoms with E-state index in [4.69, 9.17) is 14.4 Å². The Morgan fingerprint density at radius 3 is 2.42 bits per heavy atom. The van der Waals surface area contributed by atoms with Crippen LogP contribution in [0, 0.1) is 0 Å². The van der Waals surface area contributed by atoms with Crippen molar-refractivity contribution in [3.63, 3.8) is 0 Å². The van der Waals surface area contributed by atoms with Crippen LogP contribution in [0.4, 0.5) is 5.95 Å². The molecule has 2 aliphatic rings. The number of carbonyl (C=O) groups is 1. The van der Waals surface area contributed by atoms with Gasteiger partial charge in [-0.2, -0.15) is 0 Å². The van der Waals surface area contributed by atoms with E-state index in [1.165, 1.54) is 0 Å². The van der Waals surface area contributed by atoms with E-state index >= 15 is 0 Å². The molecule has 3 rings (SSSR count). The molecule has 1 aromatic rings. The number of nitrogens with zero attached hydrogens (tertiary/aromatic N) is 3. The Morgan fingerprint density at radius 2 is 1.88 bits per heavy atom. The third-order valence-corrected chi connectivity index (χ3v) is 4.94. The Hall–Kier alpha value is -1.71. The number of anilines is 1. The maximum Gasteiger partial charge on any atom is 0.498 e. The first-order chi connectivity index (χ1) is 11.2. The van der Waals surface area contributed by atoms with Gasteiger partial charge < -0.3 is 24.6 Å². The molecule has 0 saturated carbocycles. The summed E-state index contributed by atoms with van der Waals surface area (Å²) in [5, 5.41) is 12.1. The summed E-state index contributed by atoms with van der Waals surface area (Å²) >= 11 is 0. The molecule has 2 fully saturated rings. The van der Waals surface area contributed by atoms with Crippen molar-refractivity contribution in [1.82, 2.24) is 15.3 Å². The first-order valence-electron chi connectivity index (χ1n) is 8.08. The van der Waals surface area contributed by atoms with Gasteiger partial charge in [0.1, 0.15) is 6.04 Å². The maximum absolute atomic E-state index is 11.1. The third-order valence-electron chi connectivity index (χ3n) is 4.94. The van der Waals surface area contributed by atoms with Gasteiger partial charge in [0, 0.05) is 37.5 Å². The number of aliphatic carboxylic acids is 1. The zero-order valence-electron chi connectivity index (χ0n) is 14.4. The normalized spacial score (nSPS) is 25.8. The number of nitrogens with one attached hydrogen (secondary N) is 1. The van der Waals surface area contributed by atoms with E-state index in [-0.39, 0.29) is 0 Å². The lowest BCUT2D eigenvalue weighted by molar-refractivity contribution is -0.139. The molecule has 2 saturated heterocycles. The summed E-state index contributed by atoms with van der Waals surface area (Å²) in [7, 11) is -0.501. The van der Waals surface area contributed by atoms with Crippen molar-refractivity contribution in [3.05, 3.63) is 12.4 Å². The molecule has 1 atom stereocenters. The molecule has 0 aliphatic carbocycles. The number of rotatable bonds is 3. The van der Waals surface area contributed by atoms with Crippen LogP contribution in [0.5, 0.6) is 0 Å². The maximum atomic E-state index is 11.1. The van der Waals surface area contributed by atoms with Gasteiger partial charge in [-0.3, -0.25) is 4.79 Å². The Balaban J connectivity index is 1.71. The van der Waals surface area contributed by atoms with Crippen molar-refractivity contribution in [3.8, 4) is 0 Å². The predicted octanol–water partition coefficient (Wildman–Crippen LogP) is -0.361. The second-order valence-corrected chi connectivity index (χ2v) is 7.20. The van der Waals surface area contributed by atoms with Gasteiger partial charge in [-0.15, -0.1) is 0 Å². The van der Waals surface area contributed by atoms with Crippen LogP contribution >= 0.6 is 0 Å². The van der Waals surface area contributed by atoms with E-state index in [0.29, 0.717) is 25.6 Å². The van der Waals surface area contributed by atoms with Crippen LogP contribution in [-0.4, -0.2) is 65.0 Å². The smallest absolute Gasteiger partial charge is 0.480 e. The van der Waals surface area contributed by atoms with Gasteiger partial charge in [-0.1, -0.05) is 0 Å². The van der Waals surface area contributed by atoms with Gasteiger partial charge in [-0.05, 0) is 27.7 Å². The Bertz CT molecular complexity index is 606. The Kier molecular flexibility index (Phi) is 4.27. The van der Waals surface area contributed by atoms with Crippen molar-refractivity contribution in [2.75, 3.05) is 24.5 Å². The summed E-state index contributed by atoms with van der Waals surface area (Å²) < 4.78 is 12.0. The molecule has 130 valence electrons. The number of carboxylic acid groups (broad SMARTS) is 1. The Labute approximate surface area is 141 Å². The third kappa shape index (κ3) is 3.11. The molecule has 3 heterocycles. The number of hydrogen-bond donors (Lipinski definition) is 2. The number of carboxylic acids is 1. The van der Waals surface area contributed by atoms with Crippen LogP contribution in [0.15, 0.2) is 12.4 Å². The molecule has 1 aromatic heterocycles. The van der Waals surface area contributed by atoms with Crippen molar-refractivity contribution in [2.45, 2.75) is 44.9 Å². The standard InChI is InChI=1S/C15H23BN4O4/c1-14(2)15(3,4)24-16(23-14)10-7-18-13(19-8-10)20-6-5-17-11(9-20)12(21)22/h7-8,11,17H,5-6,9H2,1-4H3,(H,21,22)/t11-/m1/s1. The highest BCUT2D eigenvalue weighted by Gasteiger charge is 2.52. The minimum absolute atomic E-state index is 0.338. The zero-order valence-corrected chi connectivity index (χ0v) is 14.4. The molecule has 0 spiro atoms. The lowest BCUT2D eigenvalue weighted by Gasteiger charge is -2.32. The summed E-state index contributed by atoms with van der Waals surface area (Å²) in [5.41, 5.74) is -0.0741. The van der Waals surface area contributed by atoms with Crippen LogP contribution in [0.2, 0.25) is 0 Å². The van der Waals surface area contributed by atoms with Gasteiger partial charge in [-0.25, -0.2) is 9.97 Å². The SMILES string of the molecule is CC1(C)OB(c2cnc(N3CCN[C@@H](C(=O)O)C3)nc2)OC1(C)C. The molecule has 24 heavy (non-hydrogen) atoms. The van der Waals surface area contributed by atoms with Gasteiger partial charge in [0.05, 0.1) is 11.2 Å². The minimum Gasteiger partial charge on any atom is -0.480 e. The molecule has 2 aliphatic heterocycles. The van der Waals surface area contributed by atoms with Crippen molar-refractivity contribution < 1.29 is 19.2 Å². The molecule has 2 N–H and O–H groups in total. The summed E-state index contributed by atoms with van der Waals surface area (Å²) in [6.45, 7) is 9.57. The quantitative estimate of drug-likeness (QED) is 0.724. The first-order valence-corrected chi connectivity index (χ1v) is 8.08. The molecule has 0 unspecified atom stereocenters. The lowest BCUT2D eigenvalue weighted by Crippen LogP contribution is -2.54. The lowest BCUT2D eigenvalue weighted by atomic mass is 9.81. The second-order valence-electron chi connectivity index (χ2n) is 7.20. The molecule has 0 amide bonds. The largest absolute Gasteiger partial charge is 0.498 e. The molecular formula is C15H23BN4O4. The van der Waals surface area contributed by atoms with Crippen LogP contribution in [0.1, 0.15) is 27.7 Å². The predicted molar refractivity (Wildman–Crippen MR) is 89.4 cm³/mol. The van der Waals surface area contributed by atoms with Gasteiger partial charge in [0.25, 0.3) is 0 Å². The topological polar surface area (TPSA) is 96.8 Å². The highest BCUT2D eigenvalue weighted by atomic mass is 16.7. The van der Waals surface area contributed by atoms with Crippen molar-refractivity contribution in [2.24, 2.45) is 0 Å². The molecule has 0 bridgehead atoms. The van der Waals surface area contributed by atoms with Gasteiger partial charge >= 0.3 is 13.1 Å². The number of aromatic nitrogens is 2. The van der Waals surface area contributed by atoms with E-state index in [1.54, 1.807) is 12.4 Å². The highest BCUT2D eigenvalue weighted by Crippen LogP contribution is 2.36. The van der Waals surface area contributed by atoms with Crippen LogP contribution < -0.4 is 15.7 Å². The fraction of sp³-hybridized carbons (Fsp3) is 0.667. The van der Waals surface area contributed by atoms with Gasteiger partial charge in [0.2, 0.25) is 5.95 Å². The van der Waals surface area contributed by atoms with E-state index in [2.05, 4.69) is 15.3 Å². The van der Waals surface area contributed by atoms with E-state index in [1.807, 2.05) is 32.6 Å². The molecule has 0 aromatic carbocycles. The average Bonchev–Trinajstić information content (AvgIpc) is 2.76. The monoisotopic (exact) mass is 334 g/mol. The van der Waals surface area contributed by atoms with E-state index in [9.17, 15) is 4.79 Å². The van der Waals surface area contributed by atoms with Crippen LogP contribution in [0.25, 0.3) is 0 Å². The molecule has 8 nitrogen and oxygen atoms in total. The fourth-order valence-corrected chi connectivity index (χ4v) is 2.69. The van der Waals surface area contributed by atoms with Gasteiger partial charge in [0.15, 0.2) is 0 Å². The van der Waals surface area contributed by atoms with Crippen molar-refractivity contribution >= 4 is 24.5 Å². The molecular weight excluding hydrogens is 311 g/mol. The summed E-state index contributed by atoms with van der Waals surface area (Å²) in [4.78, 5) is 21.7. The highest BCUT2D eigenvalue weighted by molar-refractivity contribution is 6.61. The van der Waals surface area contributed by atoms with Crippen LogP contribution in [0.3, 0.4) is 0 Å². The summed E-state index contributed by atoms with van der Waals surface area (Å²) in [6.07, 6.45) is 3.37. The molecule has 0 radical (unpaired) electrons. The van der Waals surface area contributed by atoms with E-state index < -0.39 is 30.3 Å². The van der Waals surface area contributed by atoms with Crippen molar-refractivity contribution in [1.29, 1.82) is 0 Å². The van der Waals surface area contributed by atoms with E-state index in [0.717, 1.165) is 5.46 Å².